The Balaban J connectivity index is 1.33. The van der Waals surface area contributed by atoms with Crippen LogP contribution in [0.2, 0.25) is 10.0 Å². The number of allylic oxidation sites excluding steroid dienone is 1. The van der Waals surface area contributed by atoms with E-state index in [9.17, 15) is 4.79 Å². The van der Waals surface area contributed by atoms with Crippen LogP contribution in [-0.2, 0) is 13.0 Å². The van der Waals surface area contributed by atoms with Crippen LogP contribution in [-0.4, -0.2) is 25.9 Å². The maximum Gasteiger partial charge on any atom is 0.271 e. The Morgan fingerprint density at radius 3 is 2.50 bits per heavy atom. The maximum atomic E-state index is 14.3. The highest BCUT2D eigenvalue weighted by Gasteiger charge is 2.33. The van der Waals surface area contributed by atoms with Crippen molar-refractivity contribution in [3.05, 3.63) is 140 Å². The molecule has 0 amide bonds. The summed E-state index contributed by atoms with van der Waals surface area (Å²) in [6, 6.07) is 22.8. The molecule has 11 heteroatoms. The molecule has 5 aromatic rings. The van der Waals surface area contributed by atoms with Crippen molar-refractivity contribution in [2.75, 3.05) is 21.3 Å². The van der Waals surface area contributed by atoms with Gasteiger partial charge in [-0.2, -0.15) is 0 Å². The van der Waals surface area contributed by atoms with E-state index in [4.69, 9.17) is 47.1 Å². The summed E-state index contributed by atoms with van der Waals surface area (Å²) in [5, 5.41) is 1.07. The van der Waals surface area contributed by atoms with Crippen molar-refractivity contribution in [3.63, 3.8) is 0 Å². The van der Waals surface area contributed by atoms with Crippen LogP contribution in [0.15, 0.2) is 92.6 Å². The molecule has 7 rings (SSSR count). The first-order valence-corrected chi connectivity index (χ1v) is 17.5. The van der Waals surface area contributed by atoms with Gasteiger partial charge in [0.1, 0.15) is 6.61 Å². The van der Waals surface area contributed by atoms with Gasteiger partial charge in [-0.15, -0.1) is 0 Å². The molecule has 0 radical (unpaired) electrons. The van der Waals surface area contributed by atoms with Crippen molar-refractivity contribution in [2.24, 2.45) is 4.99 Å². The number of methoxy groups -OCH3 is 3. The summed E-state index contributed by atoms with van der Waals surface area (Å²) >= 11 is 17.4. The minimum atomic E-state index is -0.358. The zero-order valence-electron chi connectivity index (χ0n) is 26.2. The number of halogens is 3. The van der Waals surface area contributed by atoms with Gasteiger partial charge < -0.3 is 18.9 Å². The summed E-state index contributed by atoms with van der Waals surface area (Å²) in [6.07, 6.45) is 3.51. The summed E-state index contributed by atoms with van der Waals surface area (Å²) in [5.74, 6) is 2.25. The quantitative estimate of drug-likeness (QED) is 0.160. The van der Waals surface area contributed by atoms with E-state index in [0.717, 1.165) is 46.4 Å². The van der Waals surface area contributed by atoms with Gasteiger partial charge in [0.2, 0.25) is 0 Å². The van der Waals surface area contributed by atoms with Crippen LogP contribution in [0.4, 0.5) is 0 Å². The molecule has 2 aliphatic rings. The van der Waals surface area contributed by atoms with E-state index in [1.807, 2.05) is 53.1 Å². The number of aromatic nitrogens is 1. The third-order valence-corrected chi connectivity index (χ3v) is 10.7. The molecule has 1 aliphatic carbocycles. The molecule has 1 aliphatic heterocycles. The molecule has 0 bridgehead atoms. The molecule has 48 heavy (non-hydrogen) atoms. The second-order valence-corrected chi connectivity index (χ2v) is 14.0. The van der Waals surface area contributed by atoms with Gasteiger partial charge in [0.05, 0.1) is 42.1 Å². The van der Waals surface area contributed by atoms with Gasteiger partial charge in [0.15, 0.2) is 27.8 Å². The van der Waals surface area contributed by atoms with E-state index in [2.05, 4.69) is 34.1 Å². The SMILES string of the molecule is COc1ccc([C@@H]2C3=C(N=c4s/c(=C\c5cc(Br)c(OCc6ccc(Cl)cc6Cl)c(OC)c5)c(=O)n42)c2ccccc2CC3)cc1OC. The smallest absolute Gasteiger partial charge is 0.271 e. The fourth-order valence-electron chi connectivity index (χ4n) is 6.25. The minimum Gasteiger partial charge on any atom is -0.493 e. The van der Waals surface area contributed by atoms with E-state index in [1.165, 1.54) is 16.9 Å². The third kappa shape index (κ3) is 5.94. The molecule has 0 unspecified atom stereocenters. The van der Waals surface area contributed by atoms with Gasteiger partial charge in [0, 0.05) is 21.2 Å². The first-order valence-electron chi connectivity index (χ1n) is 15.1. The molecule has 0 saturated heterocycles. The summed E-state index contributed by atoms with van der Waals surface area (Å²) in [6.45, 7) is 0.215. The molecule has 0 N–H and O–H groups in total. The molecular weight excluding hydrogens is 735 g/mol. The first kappa shape index (κ1) is 32.5. The molecule has 0 spiro atoms. The summed E-state index contributed by atoms with van der Waals surface area (Å²) in [4.78, 5) is 20.1. The second kappa shape index (κ2) is 13.5. The lowest BCUT2D eigenvalue weighted by Crippen LogP contribution is -2.38. The van der Waals surface area contributed by atoms with Crippen molar-refractivity contribution in [3.8, 4) is 23.0 Å². The van der Waals surface area contributed by atoms with E-state index in [0.29, 0.717) is 46.8 Å². The van der Waals surface area contributed by atoms with E-state index in [1.54, 1.807) is 33.5 Å². The minimum absolute atomic E-state index is 0.128. The number of nitrogens with zero attached hydrogens (tertiary/aromatic N) is 2. The fraction of sp³-hybridized carbons (Fsp3) is 0.189. The molecule has 0 fully saturated rings. The van der Waals surface area contributed by atoms with Gasteiger partial charge in [0.25, 0.3) is 5.56 Å². The van der Waals surface area contributed by atoms with Crippen molar-refractivity contribution < 1.29 is 18.9 Å². The summed E-state index contributed by atoms with van der Waals surface area (Å²) < 4.78 is 26.0. The highest BCUT2D eigenvalue weighted by atomic mass is 79.9. The van der Waals surface area contributed by atoms with Crippen LogP contribution in [0.3, 0.4) is 0 Å². The number of ether oxygens (including phenoxy) is 4. The number of hydrogen-bond acceptors (Lipinski definition) is 7. The highest BCUT2D eigenvalue weighted by molar-refractivity contribution is 9.10. The van der Waals surface area contributed by atoms with Crippen LogP contribution < -0.4 is 33.8 Å². The van der Waals surface area contributed by atoms with Gasteiger partial charge >= 0.3 is 0 Å². The zero-order valence-corrected chi connectivity index (χ0v) is 30.1. The van der Waals surface area contributed by atoms with Crippen LogP contribution in [0.5, 0.6) is 23.0 Å². The lowest BCUT2D eigenvalue weighted by Gasteiger charge is -2.31. The summed E-state index contributed by atoms with van der Waals surface area (Å²) in [7, 11) is 4.80. The lowest BCUT2D eigenvalue weighted by atomic mass is 9.83. The topological polar surface area (TPSA) is 71.3 Å². The van der Waals surface area contributed by atoms with Crippen LogP contribution in [0.1, 0.15) is 40.3 Å². The standard InChI is InChI=1S/C37H29BrCl2N2O5S/c1-44-29-13-10-22(17-30(29)45-2)34-26-12-9-21-6-4-5-7-25(21)33(26)41-37-42(34)36(43)32(48-37)16-20-14-27(38)35(31(15-20)46-3)47-19-23-8-11-24(39)18-28(23)40/h4-8,10-11,13-18,34H,9,12,19H2,1-3H3/b32-16-/t34-/m1/s1. The van der Waals surface area contributed by atoms with Gasteiger partial charge in [-0.3, -0.25) is 9.36 Å². The largest absolute Gasteiger partial charge is 0.493 e. The number of benzene rings is 4. The van der Waals surface area contributed by atoms with E-state index in [-0.39, 0.29) is 18.2 Å². The Hall–Kier alpha value is -4.02. The highest BCUT2D eigenvalue weighted by Crippen LogP contribution is 2.43. The molecule has 4 aromatic carbocycles. The monoisotopic (exact) mass is 762 g/mol. The van der Waals surface area contributed by atoms with Crippen LogP contribution in [0, 0.1) is 0 Å². The Kier molecular flexibility index (Phi) is 9.13. The Morgan fingerprint density at radius 1 is 0.938 bits per heavy atom. The molecule has 244 valence electrons. The van der Waals surface area contributed by atoms with Gasteiger partial charge in [-0.1, -0.05) is 70.9 Å². The molecule has 1 aromatic heterocycles. The Morgan fingerprint density at radius 2 is 1.73 bits per heavy atom. The predicted molar refractivity (Wildman–Crippen MR) is 194 cm³/mol. The number of hydrogen-bond donors (Lipinski definition) is 0. The number of thiazole rings is 1. The Labute approximate surface area is 299 Å². The third-order valence-electron chi connectivity index (χ3n) is 8.53. The van der Waals surface area contributed by atoms with Crippen molar-refractivity contribution in [1.82, 2.24) is 4.57 Å². The van der Waals surface area contributed by atoms with E-state index >= 15 is 0 Å². The van der Waals surface area contributed by atoms with Crippen LogP contribution >= 0.6 is 50.5 Å². The van der Waals surface area contributed by atoms with Crippen molar-refractivity contribution in [2.45, 2.75) is 25.5 Å². The molecule has 2 heterocycles. The summed E-state index contributed by atoms with van der Waals surface area (Å²) in [5.41, 5.74) is 6.73. The molecule has 7 nitrogen and oxygen atoms in total. The first-order chi connectivity index (χ1) is 23.3. The van der Waals surface area contributed by atoms with Crippen molar-refractivity contribution in [1.29, 1.82) is 0 Å². The van der Waals surface area contributed by atoms with Gasteiger partial charge in [-0.05, 0) is 93.5 Å². The lowest BCUT2D eigenvalue weighted by molar-refractivity contribution is 0.282. The average Bonchev–Trinajstić information content (AvgIpc) is 3.40. The molecule has 0 saturated carbocycles. The Bertz CT molecular complexity index is 2300. The number of aryl methyl sites for hydroxylation is 1. The molecular formula is C37H29BrCl2N2O5S. The predicted octanol–water partition coefficient (Wildman–Crippen LogP) is 7.99. The number of rotatable bonds is 8. The maximum absolute atomic E-state index is 14.3. The van der Waals surface area contributed by atoms with Crippen LogP contribution in [0.25, 0.3) is 11.8 Å². The normalized spacial score (nSPS) is 15.3. The van der Waals surface area contributed by atoms with Crippen molar-refractivity contribution >= 4 is 62.2 Å². The second-order valence-electron chi connectivity index (χ2n) is 11.3. The average molecular weight is 765 g/mol. The van der Waals surface area contributed by atoms with Gasteiger partial charge in [-0.25, -0.2) is 4.99 Å². The fourth-order valence-corrected chi connectivity index (χ4v) is 8.29. The van der Waals surface area contributed by atoms with E-state index < -0.39 is 0 Å². The molecule has 1 atom stereocenters. The number of fused-ring (bicyclic) bond motifs is 3. The zero-order chi connectivity index (χ0) is 33.5.